The van der Waals surface area contributed by atoms with Crippen molar-refractivity contribution in [1.82, 2.24) is 4.90 Å². The molecule has 0 spiro atoms. The molecule has 2 N–H and O–H groups in total. The van der Waals surface area contributed by atoms with E-state index in [0.29, 0.717) is 5.92 Å². The quantitative estimate of drug-likeness (QED) is 0.864. The van der Waals surface area contributed by atoms with Crippen LogP contribution in [0.25, 0.3) is 0 Å². The molecule has 3 unspecified atom stereocenters. The van der Waals surface area contributed by atoms with Crippen LogP contribution in [0.2, 0.25) is 0 Å². The van der Waals surface area contributed by atoms with Gasteiger partial charge in [0.25, 0.3) is 0 Å². The molecule has 0 aromatic heterocycles. The number of rotatable bonds is 3. The number of imide groups is 1. The Balaban J connectivity index is 1.72. The molecule has 0 radical (unpaired) electrons. The molecule has 1 aromatic rings. The van der Waals surface area contributed by atoms with Crippen LogP contribution in [0.1, 0.15) is 31.4 Å². The van der Waals surface area contributed by atoms with Crippen molar-refractivity contribution < 1.29 is 14.0 Å². The Labute approximate surface area is 123 Å². The highest BCUT2D eigenvalue weighted by Crippen LogP contribution is 2.43. The molecule has 5 heteroatoms. The van der Waals surface area contributed by atoms with Gasteiger partial charge in [-0.05, 0) is 36.5 Å². The Bertz CT molecular complexity index is 548. The van der Waals surface area contributed by atoms with E-state index in [9.17, 15) is 14.0 Å². The van der Waals surface area contributed by atoms with E-state index in [1.165, 1.54) is 17.0 Å². The second kappa shape index (κ2) is 5.22. The monoisotopic (exact) mass is 290 g/mol. The number of carbonyl (C=O) groups excluding carboxylic acids is 2. The van der Waals surface area contributed by atoms with E-state index in [-0.39, 0.29) is 36.0 Å². The van der Waals surface area contributed by atoms with Crippen LogP contribution in [0.5, 0.6) is 0 Å². The number of amides is 2. The molecule has 3 rings (SSSR count). The summed E-state index contributed by atoms with van der Waals surface area (Å²) < 4.78 is 12.9. The zero-order valence-electron chi connectivity index (χ0n) is 12.0. The third kappa shape index (κ3) is 2.46. The number of fused-ring (bicyclic) bond motifs is 1. The van der Waals surface area contributed by atoms with Gasteiger partial charge in [-0.1, -0.05) is 19.1 Å². The molecule has 3 atom stereocenters. The van der Waals surface area contributed by atoms with Crippen molar-refractivity contribution in [1.29, 1.82) is 0 Å². The van der Waals surface area contributed by atoms with Gasteiger partial charge in [-0.25, -0.2) is 4.39 Å². The first kappa shape index (κ1) is 14.2. The molecular formula is C16H19FN2O2. The molecule has 21 heavy (non-hydrogen) atoms. The number of nitrogens with zero attached hydrogens (tertiary/aromatic N) is 1. The smallest absolute Gasteiger partial charge is 0.233 e. The highest BCUT2D eigenvalue weighted by Gasteiger charge is 2.51. The number of hydrogen-bond acceptors (Lipinski definition) is 3. The molecule has 112 valence electrons. The van der Waals surface area contributed by atoms with Gasteiger partial charge in [0.1, 0.15) is 5.82 Å². The molecule has 1 saturated carbocycles. The molecule has 0 bridgehead atoms. The van der Waals surface area contributed by atoms with E-state index < -0.39 is 6.04 Å². The van der Waals surface area contributed by atoms with Crippen LogP contribution in [0.15, 0.2) is 24.3 Å². The number of carbonyl (C=O) groups is 2. The zero-order chi connectivity index (χ0) is 15.1. The third-order valence-electron chi connectivity index (χ3n) is 4.64. The molecular weight excluding hydrogens is 271 g/mol. The average molecular weight is 290 g/mol. The maximum atomic E-state index is 12.9. The lowest BCUT2D eigenvalue weighted by atomic mass is 10.00. The topological polar surface area (TPSA) is 63.4 Å². The fourth-order valence-corrected chi connectivity index (χ4v) is 3.54. The summed E-state index contributed by atoms with van der Waals surface area (Å²) in [5, 5.41) is 0. The summed E-state index contributed by atoms with van der Waals surface area (Å²) in [6.45, 7) is 2.25. The van der Waals surface area contributed by atoms with Crippen LogP contribution in [-0.4, -0.2) is 23.3 Å². The van der Waals surface area contributed by atoms with Gasteiger partial charge in [0, 0.05) is 12.6 Å². The third-order valence-corrected chi connectivity index (χ3v) is 4.64. The standard InChI is InChI=1S/C16H19FN2O2/c1-9-6-12-13(7-9)16(21)19(15(12)20)8-14(18)10-2-4-11(17)5-3-10/h2-5,9,12-14H,6-8,18H2,1H3. The van der Waals surface area contributed by atoms with E-state index in [1.54, 1.807) is 12.1 Å². The Morgan fingerprint density at radius 1 is 1.19 bits per heavy atom. The molecule has 1 saturated heterocycles. The van der Waals surface area contributed by atoms with E-state index in [4.69, 9.17) is 5.73 Å². The van der Waals surface area contributed by atoms with Crippen molar-refractivity contribution in [3.8, 4) is 0 Å². The summed E-state index contributed by atoms with van der Waals surface area (Å²) in [6, 6.07) is 5.37. The Hall–Kier alpha value is -1.75. The second-order valence-corrected chi connectivity index (χ2v) is 6.23. The van der Waals surface area contributed by atoms with Crippen molar-refractivity contribution in [3.05, 3.63) is 35.6 Å². The van der Waals surface area contributed by atoms with E-state index >= 15 is 0 Å². The van der Waals surface area contributed by atoms with Crippen LogP contribution in [-0.2, 0) is 9.59 Å². The lowest BCUT2D eigenvalue weighted by Crippen LogP contribution is -2.38. The van der Waals surface area contributed by atoms with Crippen molar-refractivity contribution in [2.75, 3.05) is 6.54 Å². The summed E-state index contributed by atoms with van der Waals surface area (Å²) >= 11 is 0. The van der Waals surface area contributed by atoms with Gasteiger partial charge >= 0.3 is 0 Å². The molecule has 1 aliphatic carbocycles. The lowest BCUT2D eigenvalue weighted by Gasteiger charge is -2.21. The summed E-state index contributed by atoms with van der Waals surface area (Å²) in [5.74, 6) is -0.400. The van der Waals surface area contributed by atoms with Crippen LogP contribution in [0, 0.1) is 23.6 Å². The van der Waals surface area contributed by atoms with E-state index in [0.717, 1.165) is 18.4 Å². The number of hydrogen-bond donors (Lipinski definition) is 1. The van der Waals surface area contributed by atoms with Crippen LogP contribution >= 0.6 is 0 Å². The Kier molecular flexibility index (Phi) is 3.53. The summed E-state index contributed by atoms with van der Waals surface area (Å²) in [7, 11) is 0. The van der Waals surface area contributed by atoms with Crippen LogP contribution < -0.4 is 5.73 Å². The van der Waals surface area contributed by atoms with Gasteiger partial charge in [0.05, 0.1) is 11.8 Å². The Morgan fingerprint density at radius 3 is 2.24 bits per heavy atom. The maximum absolute atomic E-state index is 12.9. The first-order chi connectivity index (χ1) is 9.97. The molecule has 2 aliphatic rings. The van der Waals surface area contributed by atoms with Crippen LogP contribution in [0.4, 0.5) is 4.39 Å². The number of likely N-dealkylation sites (tertiary alicyclic amines) is 1. The summed E-state index contributed by atoms with van der Waals surface area (Å²) in [4.78, 5) is 26.0. The van der Waals surface area contributed by atoms with Crippen molar-refractivity contribution in [2.45, 2.75) is 25.8 Å². The fraction of sp³-hybridized carbons (Fsp3) is 0.500. The van der Waals surface area contributed by atoms with Crippen molar-refractivity contribution in [3.63, 3.8) is 0 Å². The number of nitrogens with two attached hydrogens (primary N) is 1. The molecule has 1 heterocycles. The molecule has 2 fully saturated rings. The SMILES string of the molecule is CC1CC2C(=O)N(CC(N)c3ccc(F)cc3)C(=O)C2C1. The highest BCUT2D eigenvalue weighted by molar-refractivity contribution is 6.05. The minimum absolute atomic E-state index is 0.0908. The lowest BCUT2D eigenvalue weighted by molar-refractivity contribution is -0.140. The van der Waals surface area contributed by atoms with Crippen molar-refractivity contribution >= 4 is 11.8 Å². The maximum Gasteiger partial charge on any atom is 0.233 e. The minimum atomic E-state index is -0.477. The van der Waals surface area contributed by atoms with E-state index in [2.05, 4.69) is 6.92 Å². The predicted octanol–water partition coefficient (Wildman–Crippen LogP) is 1.86. The Morgan fingerprint density at radius 2 is 1.71 bits per heavy atom. The first-order valence-corrected chi connectivity index (χ1v) is 7.33. The van der Waals surface area contributed by atoms with Gasteiger partial charge in [0.2, 0.25) is 11.8 Å². The predicted molar refractivity (Wildman–Crippen MR) is 75.4 cm³/mol. The van der Waals surface area contributed by atoms with Gasteiger partial charge in [-0.15, -0.1) is 0 Å². The highest BCUT2D eigenvalue weighted by atomic mass is 19.1. The molecule has 4 nitrogen and oxygen atoms in total. The first-order valence-electron chi connectivity index (χ1n) is 7.33. The number of benzene rings is 1. The van der Waals surface area contributed by atoms with Gasteiger partial charge < -0.3 is 5.73 Å². The molecule has 1 aromatic carbocycles. The number of halogens is 1. The zero-order valence-corrected chi connectivity index (χ0v) is 12.0. The van der Waals surface area contributed by atoms with Gasteiger partial charge in [-0.2, -0.15) is 0 Å². The largest absolute Gasteiger partial charge is 0.322 e. The normalized spacial score (nSPS) is 29.9. The molecule has 2 amide bonds. The van der Waals surface area contributed by atoms with Crippen LogP contribution in [0.3, 0.4) is 0 Å². The van der Waals surface area contributed by atoms with Gasteiger partial charge in [0.15, 0.2) is 0 Å². The molecule has 1 aliphatic heterocycles. The minimum Gasteiger partial charge on any atom is -0.322 e. The van der Waals surface area contributed by atoms with Gasteiger partial charge in [-0.3, -0.25) is 14.5 Å². The average Bonchev–Trinajstić information content (AvgIpc) is 2.93. The summed E-state index contributed by atoms with van der Waals surface area (Å²) in [5.41, 5.74) is 6.78. The van der Waals surface area contributed by atoms with Crippen molar-refractivity contribution in [2.24, 2.45) is 23.5 Å². The second-order valence-electron chi connectivity index (χ2n) is 6.23. The summed E-state index contributed by atoms with van der Waals surface area (Å²) in [6.07, 6.45) is 1.58. The van der Waals surface area contributed by atoms with E-state index in [1.807, 2.05) is 0 Å². The fourth-order valence-electron chi connectivity index (χ4n) is 3.54.